The Bertz CT molecular complexity index is 629. The number of hydrogen-bond acceptors (Lipinski definition) is 4. The van der Waals surface area contributed by atoms with E-state index in [0.29, 0.717) is 12.2 Å². The van der Waals surface area contributed by atoms with Gasteiger partial charge in [-0.05, 0) is 45.6 Å². The van der Waals surface area contributed by atoms with E-state index in [1.165, 1.54) is 5.57 Å². The molecule has 1 atom stereocenters. The maximum atomic E-state index is 12.1. The first-order valence-electron chi connectivity index (χ1n) is 9.29. The van der Waals surface area contributed by atoms with Crippen molar-refractivity contribution in [3.63, 3.8) is 0 Å². The molecule has 2 aliphatic heterocycles. The first-order valence-corrected chi connectivity index (χ1v) is 9.29. The summed E-state index contributed by atoms with van der Waals surface area (Å²) < 4.78 is 8.02. The van der Waals surface area contributed by atoms with Crippen LogP contribution < -0.4 is 5.32 Å². The largest absolute Gasteiger partial charge is 0.370 e. The number of nitrogens with one attached hydrogen (secondary N) is 1. The molecule has 0 radical (unpaired) electrons. The number of nitrogens with zero attached hydrogens (tertiary/aromatic N) is 3. The van der Waals surface area contributed by atoms with Crippen molar-refractivity contribution in [3.05, 3.63) is 29.6 Å². The molecule has 1 aromatic rings. The lowest BCUT2D eigenvalue weighted by Crippen LogP contribution is -2.45. The molecule has 3 rings (SSSR count). The fourth-order valence-corrected chi connectivity index (χ4v) is 3.80. The lowest BCUT2D eigenvalue weighted by atomic mass is 9.88. The standard InChI is InChI=1S/C19H30N4O2/c1-4-15(2)14-23-11-8-19(9-12-23)7-5-16(25-19)13-20-18(24)17-6-10-22(3)21-17/h4,6,10,16H,5,7-9,11-14H2,1-3H3,(H,20,24)/b15-4+/t16-/m0/s1. The predicted octanol–water partition coefficient (Wildman–Crippen LogP) is 2.13. The zero-order valence-electron chi connectivity index (χ0n) is 15.6. The van der Waals surface area contributed by atoms with Crippen LogP contribution in [0.1, 0.15) is 50.0 Å². The normalized spacial score (nSPS) is 24.0. The molecule has 6 nitrogen and oxygen atoms in total. The molecular weight excluding hydrogens is 316 g/mol. The van der Waals surface area contributed by atoms with Crippen LogP contribution in [0.3, 0.4) is 0 Å². The molecule has 0 aromatic carbocycles. The van der Waals surface area contributed by atoms with Crippen molar-refractivity contribution in [1.29, 1.82) is 0 Å². The number of likely N-dealkylation sites (tertiary alicyclic amines) is 1. The predicted molar refractivity (Wildman–Crippen MR) is 97.5 cm³/mol. The molecule has 2 fully saturated rings. The molecule has 0 bridgehead atoms. The molecule has 25 heavy (non-hydrogen) atoms. The van der Waals surface area contributed by atoms with E-state index < -0.39 is 0 Å². The van der Waals surface area contributed by atoms with Crippen LogP contribution in [-0.4, -0.2) is 58.5 Å². The minimum atomic E-state index is -0.123. The van der Waals surface area contributed by atoms with Crippen LogP contribution in [0.5, 0.6) is 0 Å². The Morgan fingerprint density at radius 1 is 1.44 bits per heavy atom. The van der Waals surface area contributed by atoms with Gasteiger partial charge in [-0.2, -0.15) is 5.10 Å². The van der Waals surface area contributed by atoms with Crippen LogP contribution in [0.4, 0.5) is 0 Å². The minimum absolute atomic E-state index is 0.0285. The van der Waals surface area contributed by atoms with E-state index in [1.54, 1.807) is 16.9 Å². The number of aryl methyl sites for hydroxylation is 1. The summed E-state index contributed by atoms with van der Waals surface area (Å²) in [5, 5.41) is 7.09. The first kappa shape index (κ1) is 18.1. The summed E-state index contributed by atoms with van der Waals surface area (Å²) in [7, 11) is 1.81. The van der Waals surface area contributed by atoms with Crippen LogP contribution in [0.25, 0.3) is 0 Å². The summed E-state index contributed by atoms with van der Waals surface area (Å²) in [5.74, 6) is -0.123. The summed E-state index contributed by atoms with van der Waals surface area (Å²) in [5.41, 5.74) is 1.92. The van der Waals surface area contributed by atoms with Gasteiger partial charge in [-0.3, -0.25) is 14.4 Å². The van der Waals surface area contributed by atoms with Gasteiger partial charge in [-0.1, -0.05) is 11.6 Å². The number of rotatable bonds is 5. The fourth-order valence-electron chi connectivity index (χ4n) is 3.80. The number of hydrogen-bond donors (Lipinski definition) is 1. The van der Waals surface area contributed by atoms with Gasteiger partial charge in [-0.15, -0.1) is 0 Å². The third-order valence-electron chi connectivity index (χ3n) is 5.51. The summed E-state index contributed by atoms with van der Waals surface area (Å²) >= 11 is 0. The molecular formula is C19H30N4O2. The monoisotopic (exact) mass is 346 g/mol. The van der Waals surface area contributed by atoms with Gasteiger partial charge in [-0.25, -0.2) is 0 Å². The maximum Gasteiger partial charge on any atom is 0.271 e. The Kier molecular flexibility index (Phi) is 5.59. The summed E-state index contributed by atoms with van der Waals surface area (Å²) in [6.07, 6.45) is 8.40. The minimum Gasteiger partial charge on any atom is -0.370 e. The summed E-state index contributed by atoms with van der Waals surface area (Å²) in [6.45, 7) is 8.12. The lowest BCUT2D eigenvalue weighted by molar-refractivity contribution is -0.0743. The zero-order chi connectivity index (χ0) is 17.9. The molecule has 1 N–H and O–H groups in total. The van der Waals surface area contributed by atoms with E-state index in [2.05, 4.69) is 35.2 Å². The number of carbonyl (C=O) groups excluding carboxylic acids is 1. The third-order valence-corrected chi connectivity index (χ3v) is 5.51. The molecule has 1 amide bonds. The number of carbonyl (C=O) groups is 1. The van der Waals surface area contributed by atoms with Crippen molar-refractivity contribution in [2.75, 3.05) is 26.2 Å². The van der Waals surface area contributed by atoms with E-state index in [0.717, 1.165) is 45.3 Å². The van der Waals surface area contributed by atoms with Crippen LogP contribution >= 0.6 is 0 Å². The average molecular weight is 346 g/mol. The SMILES string of the molecule is C/C=C(\C)CN1CCC2(CC[C@@H](CNC(=O)c3ccn(C)n3)O2)CC1. The highest BCUT2D eigenvalue weighted by molar-refractivity contribution is 5.92. The Labute approximate surface area is 150 Å². The van der Waals surface area contributed by atoms with Gasteiger partial charge in [0, 0.05) is 39.4 Å². The summed E-state index contributed by atoms with van der Waals surface area (Å²) in [4.78, 5) is 14.6. The van der Waals surface area contributed by atoms with Gasteiger partial charge in [0.1, 0.15) is 5.69 Å². The highest BCUT2D eigenvalue weighted by Crippen LogP contribution is 2.38. The highest BCUT2D eigenvalue weighted by Gasteiger charge is 2.42. The van der Waals surface area contributed by atoms with E-state index in [-0.39, 0.29) is 17.6 Å². The maximum absolute atomic E-state index is 12.1. The number of piperidine rings is 1. The molecule has 1 spiro atoms. The number of allylic oxidation sites excluding steroid dienone is 1. The Balaban J connectivity index is 1.44. The highest BCUT2D eigenvalue weighted by atomic mass is 16.5. The molecule has 0 saturated carbocycles. The second-order valence-corrected chi connectivity index (χ2v) is 7.46. The lowest BCUT2D eigenvalue weighted by Gasteiger charge is -2.39. The molecule has 0 aliphatic carbocycles. The van der Waals surface area contributed by atoms with Crippen molar-refractivity contribution in [2.45, 2.75) is 51.2 Å². The van der Waals surface area contributed by atoms with Crippen molar-refractivity contribution in [2.24, 2.45) is 7.05 Å². The van der Waals surface area contributed by atoms with Gasteiger partial charge >= 0.3 is 0 Å². The Morgan fingerprint density at radius 3 is 2.84 bits per heavy atom. The molecule has 2 aliphatic rings. The van der Waals surface area contributed by atoms with Crippen molar-refractivity contribution >= 4 is 5.91 Å². The van der Waals surface area contributed by atoms with Gasteiger partial charge in [0.05, 0.1) is 11.7 Å². The third kappa shape index (κ3) is 4.50. The van der Waals surface area contributed by atoms with E-state index in [9.17, 15) is 4.79 Å². The van der Waals surface area contributed by atoms with Crippen LogP contribution in [0, 0.1) is 0 Å². The second-order valence-electron chi connectivity index (χ2n) is 7.46. The van der Waals surface area contributed by atoms with E-state index >= 15 is 0 Å². The Morgan fingerprint density at radius 2 is 2.20 bits per heavy atom. The smallest absolute Gasteiger partial charge is 0.271 e. The topological polar surface area (TPSA) is 59.4 Å². The molecule has 3 heterocycles. The van der Waals surface area contributed by atoms with Crippen molar-refractivity contribution < 1.29 is 9.53 Å². The number of ether oxygens (including phenoxy) is 1. The van der Waals surface area contributed by atoms with E-state index in [4.69, 9.17) is 4.74 Å². The zero-order valence-corrected chi connectivity index (χ0v) is 15.6. The van der Waals surface area contributed by atoms with Gasteiger partial charge in [0.15, 0.2) is 0 Å². The quantitative estimate of drug-likeness (QED) is 0.830. The fraction of sp³-hybridized carbons (Fsp3) is 0.684. The summed E-state index contributed by atoms with van der Waals surface area (Å²) in [6, 6.07) is 1.73. The van der Waals surface area contributed by atoms with Gasteiger partial charge < -0.3 is 10.1 Å². The second kappa shape index (κ2) is 7.70. The van der Waals surface area contributed by atoms with Crippen LogP contribution in [-0.2, 0) is 11.8 Å². The number of amides is 1. The van der Waals surface area contributed by atoms with Gasteiger partial charge in [0.25, 0.3) is 5.91 Å². The molecule has 6 heteroatoms. The van der Waals surface area contributed by atoms with Gasteiger partial charge in [0.2, 0.25) is 0 Å². The number of aromatic nitrogens is 2. The first-order chi connectivity index (χ1) is 12.0. The van der Waals surface area contributed by atoms with E-state index in [1.807, 2.05) is 7.05 Å². The molecule has 2 saturated heterocycles. The van der Waals surface area contributed by atoms with Crippen molar-refractivity contribution in [3.8, 4) is 0 Å². The van der Waals surface area contributed by atoms with Crippen LogP contribution in [0.2, 0.25) is 0 Å². The Hall–Kier alpha value is -1.66. The van der Waals surface area contributed by atoms with Crippen molar-refractivity contribution in [1.82, 2.24) is 20.0 Å². The molecule has 0 unspecified atom stereocenters. The average Bonchev–Trinajstić information content (AvgIpc) is 3.22. The molecule has 1 aromatic heterocycles. The molecule has 138 valence electrons. The van der Waals surface area contributed by atoms with Crippen LogP contribution in [0.15, 0.2) is 23.9 Å².